The van der Waals surface area contributed by atoms with Crippen LogP contribution in [0.25, 0.3) is 0 Å². The van der Waals surface area contributed by atoms with Gasteiger partial charge in [0.05, 0.1) is 32.0 Å². The molecule has 0 aromatic heterocycles. The van der Waals surface area contributed by atoms with Gasteiger partial charge in [0, 0.05) is 17.5 Å². The Kier molecular flexibility index (Phi) is 7.70. The summed E-state index contributed by atoms with van der Waals surface area (Å²) in [6.45, 7) is 3.19. The number of nitrogens with one attached hydrogen (secondary N) is 1. The number of esters is 2. The molecule has 10 atom stereocenters. The number of amides is 1. The van der Waals surface area contributed by atoms with Crippen LogP contribution in [0.4, 0.5) is 5.69 Å². The van der Waals surface area contributed by atoms with Crippen LogP contribution in [0.1, 0.15) is 18.4 Å². The maximum atomic E-state index is 13.3. The molecule has 2 saturated heterocycles. The molecule has 1 aromatic rings. The van der Waals surface area contributed by atoms with Gasteiger partial charge in [-0.1, -0.05) is 24.3 Å². The Morgan fingerprint density at radius 1 is 1.18 bits per heavy atom. The highest BCUT2D eigenvalue weighted by molar-refractivity contribution is 6.09. The van der Waals surface area contributed by atoms with Crippen LogP contribution in [0.15, 0.2) is 48.8 Å². The maximum absolute atomic E-state index is 13.3. The number of para-hydroxylation sites is 1. The van der Waals surface area contributed by atoms with Gasteiger partial charge in [-0.05, 0) is 18.1 Å². The average Bonchev–Trinajstić information content (AvgIpc) is 3.43. The molecular weight excluding hydrogens is 530 g/mol. The van der Waals surface area contributed by atoms with Gasteiger partial charge >= 0.3 is 11.9 Å². The van der Waals surface area contributed by atoms with Crippen LogP contribution in [0, 0.1) is 11.8 Å². The van der Waals surface area contributed by atoms with Crippen molar-refractivity contribution >= 4 is 23.5 Å². The zero-order valence-electron chi connectivity index (χ0n) is 21.5. The number of fused-ring (bicyclic) bond motifs is 2. The lowest BCUT2D eigenvalue weighted by Gasteiger charge is -2.43. The predicted octanol–water partition coefficient (Wildman–Crippen LogP) is -0.770. The van der Waals surface area contributed by atoms with Gasteiger partial charge in [-0.25, -0.2) is 4.79 Å². The Hall–Kier alpha value is -3.33. The number of hydrogen-bond acceptors (Lipinski definition) is 12. The van der Waals surface area contributed by atoms with Gasteiger partial charge in [-0.3, -0.25) is 9.59 Å². The van der Waals surface area contributed by atoms with Gasteiger partial charge < -0.3 is 49.4 Å². The van der Waals surface area contributed by atoms with E-state index >= 15 is 0 Å². The first-order chi connectivity index (χ1) is 19.2. The molecule has 5 rings (SSSR count). The molecule has 216 valence electrons. The first-order valence-electron chi connectivity index (χ1n) is 12.8. The minimum atomic E-state index is -1.70. The smallest absolute Gasteiger partial charge is 0.337 e. The molecule has 4 aliphatic rings. The number of carbonyl (C=O) groups excluding carboxylic acids is 3. The van der Waals surface area contributed by atoms with Crippen LogP contribution in [0.5, 0.6) is 0 Å². The van der Waals surface area contributed by atoms with Crippen molar-refractivity contribution in [3.63, 3.8) is 0 Å². The first kappa shape index (κ1) is 28.2. The van der Waals surface area contributed by atoms with Gasteiger partial charge in [0.1, 0.15) is 35.9 Å². The molecule has 40 heavy (non-hydrogen) atoms. The summed E-state index contributed by atoms with van der Waals surface area (Å²) in [5, 5.41) is 43.0. The second-order valence-electron chi connectivity index (χ2n) is 10.2. The summed E-state index contributed by atoms with van der Waals surface area (Å²) in [6, 6.07) is 6.99. The van der Waals surface area contributed by atoms with Crippen molar-refractivity contribution in [1.82, 2.24) is 0 Å². The number of anilines is 1. The van der Waals surface area contributed by atoms with E-state index in [0.29, 0.717) is 11.3 Å². The van der Waals surface area contributed by atoms with Gasteiger partial charge in [0.2, 0.25) is 12.2 Å². The van der Waals surface area contributed by atoms with Crippen molar-refractivity contribution in [2.24, 2.45) is 11.8 Å². The van der Waals surface area contributed by atoms with E-state index in [2.05, 4.69) is 11.9 Å². The number of ether oxygens (including phenoxy) is 5. The number of aliphatic hydroxyl groups is 4. The zero-order chi connectivity index (χ0) is 28.8. The minimum Gasteiger partial charge on any atom is -0.471 e. The van der Waals surface area contributed by atoms with E-state index in [1.165, 1.54) is 13.2 Å². The Labute approximate surface area is 228 Å². The molecule has 1 aromatic carbocycles. The summed E-state index contributed by atoms with van der Waals surface area (Å²) < 4.78 is 27.6. The van der Waals surface area contributed by atoms with Crippen molar-refractivity contribution in [2.45, 2.75) is 61.4 Å². The normalized spacial score (nSPS) is 38.6. The Morgan fingerprint density at radius 3 is 2.62 bits per heavy atom. The molecule has 5 N–H and O–H groups in total. The van der Waals surface area contributed by atoms with Crippen LogP contribution in [0.2, 0.25) is 0 Å². The van der Waals surface area contributed by atoms with E-state index < -0.39 is 84.8 Å². The Morgan fingerprint density at radius 2 is 1.93 bits per heavy atom. The number of hydrogen-bond donors (Lipinski definition) is 5. The number of benzene rings is 1. The molecule has 4 aliphatic heterocycles. The molecule has 2 fully saturated rings. The van der Waals surface area contributed by atoms with E-state index in [-0.39, 0.29) is 18.4 Å². The van der Waals surface area contributed by atoms with Gasteiger partial charge in [-0.2, -0.15) is 0 Å². The molecular formula is C27H31NO12. The SMILES string of the molecule is C=C[C@H]1[C@H](O[C@@H]2O[C@H](CO)[C@@H](O)[C@H](O)[C@H]2O)OC=C(C(=O)OC)[C@H]1C[C@@H]1OC(=O)C[C@]12C(=O)Nc1ccccc12. The molecule has 13 heteroatoms. The topological polar surface area (TPSA) is 190 Å². The Bertz CT molecular complexity index is 1220. The summed E-state index contributed by atoms with van der Waals surface area (Å²) in [6.07, 6.45) is -7.58. The van der Waals surface area contributed by atoms with Crippen LogP contribution in [-0.2, 0) is 43.5 Å². The lowest BCUT2D eigenvalue weighted by molar-refractivity contribution is -0.339. The fraction of sp³-hybridized carbons (Fsp3) is 0.519. The second-order valence-corrected chi connectivity index (χ2v) is 10.2. The summed E-state index contributed by atoms with van der Waals surface area (Å²) in [4.78, 5) is 38.7. The highest BCUT2D eigenvalue weighted by Crippen LogP contribution is 2.51. The largest absolute Gasteiger partial charge is 0.471 e. The van der Waals surface area contributed by atoms with Crippen molar-refractivity contribution in [1.29, 1.82) is 0 Å². The van der Waals surface area contributed by atoms with Crippen molar-refractivity contribution in [3.05, 3.63) is 54.3 Å². The third kappa shape index (κ3) is 4.48. The second kappa shape index (κ2) is 10.9. The molecule has 0 radical (unpaired) electrons. The van der Waals surface area contributed by atoms with Gasteiger partial charge in [0.25, 0.3) is 0 Å². The van der Waals surface area contributed by atoms with Crippen molar-refractivity contribution in [3.8, 4) is 0 Å². The van der Waals surface area contributed by atoms with Crippen LogP contribution in [0.3, 0.4) is 0 Å². The lowest BCUT2D eigenvalue weighted by atomic mass is 9.70. The lowest BCUT2D eigenvalue weighted by Crippen LogP contribution is -2.60. The fourth-order valence-corrected chi connectivity index (χ4v) is 5.98. The molecule has 0 unspecified atom stereocenters. The number of aliphatic hydroxyl groups excluding tert-OH is 4. The van der Waals surface area contributed by atoms with Gasteiger partial charge in [-0.15, -0.1) is 6.58 Å². The summed E-state index contributed by atoms with van der Waals surface area (Å²) >= 11 is 0. The third-order valence-electron chi connectivity index (χ3n) is 8.09. The van der Waals surface area contributed by atoms with Crippen LogP contribution in [-0.4, -0.2) is 95.1 Å². The maximum Gasteiger partial charge on any atom is 0.337 e. The number of cyclic esters (lactones) is 1. The fourth-order valence-electron chi connectivity index (χ4n) is 5.98. The number of carbonyl (C=O) groups is 3. The number of rotatable bonds is 7. The molecule has 0 bridgehead atoms. The summed E-state index contributed by atoms with van der Waals surface area (Å²) in [5.41, 5.74) is -0.0794. The Balaban J connectivity index is 1.46. The quantitative estimate of drug-likeness (QED) is 0.207. The third-order valence-corrected chi connectivity index (χ3v) is 8.09. The highest BCUT2D eigenvalue weighted by atomic mass is 16.8. The van der Waals surface area contributed by atoms with E-state index in [1.54, 1.807) is 24.3 Å². The van der Waals surface area contributed by atoms with Crippen molar-refractivity contribution in [2.75, 3.05) is 19.0 Å². The van der Waals surface area contributed by atoms with Crippen molar-refractivity contribution < 1.29 is 58.5 Å². The van der Waals surface area contributed by atoms with E-state index in [9.17, 15) is 34.8 Å². The molecule has 0 saturated carbocycles. The first-order valence-corrected chi connectivity index (χ1v) is 12.8. The molecule has 4 heterocycles. The monoisotopic (exact) mass is 561 g/mol. The summed E-state index contributed by atoms with van der Waals surface area (Å²) in [7, 11) is 1.19. The molecule has 1 amide bonds. The zero-order valence-corrected chi connectivity index (χ0v) is 21.5. The minimum absolute atomic E-state index is 0.0248. The van der Waals surface area contributed by atoms with Crippen LogP contribution < -0.4 is 5.32 Å². The molecule has 1 spiro atoms. The molecule has 13 nitrogen and oxygen atoms in total. The summed E-state index contributed by atoms with van der Waals surface area (Å²) in [5.74, 6) is -3.33. The standard InChI is InChI=1S/C27H31NO12/c1-3-12-13(8-18-27(9-19(30)39-18)15-6-4-5-7-16(15)28-26(27)35)14(23(34)36-2)11-37-24(12)40-25-22(33)21(32)20(31)17(10-29)38-25/h3-7,11-13,17-18,20-22,24-25,29,31-33H,1,8-10H2,2H3,(H,28,35)/t12-,13+,17-,18+,20-,21+,22-,24+,25+,27-/m1/s1. The van der Waals surface area contributed by atoms with E-state index in [0.717, 1.165) is 6.26 Å². The van der Waals surface area contributed by atoms with E-state index in [4.69, 9.17) is 23.7 Å². The van der Waals surface area contributed by atoms with Gasteiger partial charge in [0.15, 0.2) is 6.29 Å². The van der Waals surface area contributed by atoms with E-state index in [1.807, 2.05) is 0 Å². The van der Waals surface area contributed by atoms with Crippen LogP contribution >= 0.6 is 0 Å². The predicted molar refractivity (Wildman–Crippen MR) is 133 cm³/mol. The molecule has 0 aliphatic carbocycles. The number of methoxy groups -OCH3 is 1. The average molecular weight is 562 g/mol. The highest BCUT2D eigenvalue weighted by Gasteiger charge is 2.61.